The first kappa shape index (κ1) is 15.8. The van der Waals surface area contributed by atoms with Crippen LogP contribution in [0.3, 0.4) is 0 Å². The molecule has 1 aliphatic heterocycles. The number of para-hydroxylation sites is 1. The molecule has 116 valence electrons. The number of piperidine rings is 1. The van der Waals surface area contributed by atoms with Crippen LogP contribution in [0.1, 0.15) is 32.6 Å². The molecular weight excluding hydrogens is 262 g/mol. The maximum absolute atomic E-state index is 12.1. The zero-order valence-corrected chi connectivity index (χ0v) is 13.1. The summed E-state index contributed by atoms with van der Waals surface area (Å²) in [7, 11) is 2.08. The Morgan fingerprint density at radius 3 is 2.81 bits per heavy atom. The number of carbonyl (C=O) groups is 1. The van der Waals surface area contributed by atoms with Crippen LogP contribution in [0.5, 0.6) is 0 Å². The van der Waals surface area contributed by atoms with Crippen LogP contribution in [0.25, 0.3) is 0 Å². The quantitative estimate of drug-likeness (QED) is 0.789. The van der Waals surface area contributed by atoms with E-state index in [0.717, 1.165) is 32.4 Å². The second kappa shape index (κ2) is 8.03. The predicted molar refractivity (Wildman–Crippen MR) is 87.6 cm³/mol. The summed E-state index contributed by atoms with van der Waals surface area (Å²) < 4.78 is 0. The minimum Gasteiger partial charge on any atom is -0.375 e. The van der Waals surface area contributed by atoms with E-state index in [9.17, 15) is 4.79 Å². The van der Waals surface area contributed by atoms with Gasteiger partial charge in [-0.15, -0.1) is 0 Å². The summed E-state index contributed by atoms with van der Waals surface area (Å²) in [6, 6.07) is 10.8. The summed E-state index contributed by atoms with van der Waals surface area (Å²) in [6.07, 6.45) is 4.23. The smallest absolute Gasteiger partial charge is 0.237 e. The monoisotopic (exact) mass is 289 g/mol. The Labute approximate surface area is 127 Å². The Morgan fingerprint density at radius 2 is 2.10 bits per heavy atom. The Bertz CT molecular complexity index is 435. The van der Waals surface area contributed by atoms with Crippen LogP contribution in [-0.2, 0) is 4.79 Å². The van der Waals surface area contributed by atoms with Crippen molar-refractivity contribution in [3.63, 3.8) is 0 Å². The highest BCUT2D eigenvalue weighted by atomic mass is 16.2. The third-order valence-corrected chi connectivity index (χ3v) is 4.10. The minimum atomic E-state index is 0.000558. The number of benzene rings is 1. The maximum atomic E-state index is 12.1. The lowest BCUT2D eigenvalue weighted by molar-refractivity contribution is -0.123. The van der Waals surface area contributed by atoms with Crippen molar-refractivity contribution < 1.29 is 4.79 Å². The highest BCUT2D eigenvalue weighted by Crippen LogP contribution is 2.12. The molecule has 4 nitrogen and oxygen atoms in total. The van der Waals surface area contributed by atoms with Gasteiger partial charge in [0.05, 0.1) is 6.04 Å². The lowest BCUT2D eigenvalue weighted by Crippen LogP contribution is -2.50. The van der Waals surface area contributed by atoms with Crippen molar-refractivity contribution >= 4 is 11.6 Å². The van der Waals surface area contributed by atoms with Crippen LogP contribution in [-0.4, -0.2) is 38.1 Å². The van der Waals surface area contributed by atoms with Crippen molar-refractivity contribution in [3.8, 4) is 0 Å². The fourth-order valence-corrected chi connectivity index (χ4v) is 2.81. The lowest BCUT2D eigenvalue weighted by Gasteiger charge is -2.28. The van der Waals surface area contributed by atoms with Gasteiger partial charge in [0.1, 0.15) is 0 Å². The van der Waals surface area contributed by atoms with Crippen LogP contribution in [0.15, 0.2) is 30.3 Å². The van der Waals surface area contributed by atoms with E-state index >= 15 is 0 Å². The molecule has 1 aromatic carbocycles. The Kier molecular flexibility index (Phi) is 6.05. The first-order valence-corrected chi connectivity index (χ1v) is 7.97. The molecule has 0 aliphatic carbocycles. The van der Waals surface area contributed by atoms with E-state index in [-0.39, 0.29) is 11.9 Å². The van der Waals surface area contributed by atoms with Crippen molar-refractivity contribution in [1.29, 1.82) is 0 Å². The molecule has 2 atom stereocenters. The van der Waals surface area contributed by atoms with Gasteiger partial charge in [-0.2, -0.15) is 0 Å². The van der Waals surface area contributed by atoms with E-state index in [4.69, 9.17) is 0 Å². The molecule has 0 bridgehead atoms. The van der Waals surface area contributed by atoms with E-state index in [1.165, 1.54) is 12.1 Å². The van der Waals surface area contributed by atoms with Gasteiger partial charge in [-0.25, -0.2) is 0 Å². The highest BCUT2D eigenvalue weighted by molar-refractivity contribution is 5.81. The SMILES string of the molecule is CC1CCCC(C(=O)NCCCN(C)c2ccccc2)N1. The fraction of sp³-hybridized carbons (Fsp3) is 0.588. The van der Waals surface area contributed by atoms with E-state index in [0.29, 0.717) is 6.04 Å². The van der Waals surface area contributed by atoms with Crippen molar-refractivity contribution in [2.75, 3.05) is 25.0 Å². The summed E-state index contributed by atoms with van der Waals surface area (Å²) in [5.74, 6) is 0.156. The maximum Gasteiger partial charge on any atom is 0.237 e. The average Bonchev–Trinajstić information content (AvgIpc) is 2.52. The van der Waals surface area contributed by atoms with Gasteiger partial charge < -0.3 is 15.5 Å². The first-order valence-electron chi connectivity index (χ1n) is 7.97. The van der Waals surface area contributed by atoms with Gasteiger partial charge in [-0.05, 0) is 44.7 Å². The van der Waals surface area contributed by atoms with Gasteiger partial charge in [-0.1, -0.05) is 18.2 Å². The third-order valence-electron chi connectivity index (χ3n) is 4.10. The minimum absolute atomic E-state index is 0.000558. The van der Waals surface area contributed by atoms with Crippen molar-refractivity contribution in [1.82, 2.24) is 10.6 Å². The van der Waals surface area contributed by atoms with Gasteiger partial charge in [0.25, 0.3) is 0 Å². The number of hydrogen-bond donors (Lipinski definition) is 2. The van der Waals surface area contributed by atoms with E-state index < -0.39 is 0 Å². The second-order valence-electron chi connectivity index (χ2n) is 5.95. The molecule has 0 radical (unpaired) electrons. The van der Waals surface area contributed by atoms with E-state index in [1.807, 2.05) is 18.2 Å². The van der Waals surface area contributed by atoms with E-state index in [2.05, 4.69) is 41.6 Å². The van der Waals surface area contributed by atoms with Crippen molar-refractivity contribution in [3.05, 3.63) is 30.3 Å². The Morgan fingerprint density at radius 1 is 1.33 bits per heavy atom. The standard InChI is InChI=1S/C17H27N3O/c1-14-8-6-11-16(19-14)17(21)18-12-7-13-20(2)15-9-4-3-5-10-15/h3-5,9-10,14,16,19H,6-8,11-13H2,1-2H3,(H,18,21). The molecule has 1 heterocycles. The molecule has 4 heteroatoms. The zero-order chi connectivity index (χ0) is 15.1. The van der Waals surface area contributed by atoms with Crippen LogP contribution in [0.4, 0.5) is 5.69 Å². The normalized spacial score (nSPS) is 21.8. The number of nitrogens with zero attached hydrogens (tertiary/aromatic N) is 1. The van der Waals surface area contributed by atoms with Crippen LogP contribution < -0.4 is 15.5 Å². The summed E-state index contributed by atoms with van der Waals surface area (Å²) in [5.41, 5.74) is 1.21. The molecule has 2 rings (SSSR count). The zero-order valence-electron chi connectivity index (χ0n) is 13.1. The predicted octanol–water partition coefficient (Wildman–Crippen LogP) is 2.16. The summed E-state index contributed by atoms with van der Waals surface area (Å²) in [5, 5.41) is 6.42. The van der Waals surface area contributed by atoms with Gasteiger partial charge in [0, 0.05) is 31.9 Å². The average molecular weight is 289 g/mol. The molecule has 0 spiro atoms. The number of nitrogens with one attached hydrogen (secondary N) is 2. The molecule has 1 aromatic rings. The highest BCUT2D eigenvalue weighted by Gasteiger charge is 2.23. The molecule has 1 amide bonds. The Balaban J connectivity index is 1.64. The molecule has 2 N–H and O–H groups in total. The topological polar surface area (TPSA) is 44.4 Å². The van der Waals surface area contributed by atoms with Gasteiger partial charge >= 0.3 is 0 Å². The second-order valence-corrected chi connectivity index (χ2v) is 5.95. The third kappa shape index (κ3) is 5.05. The molecule has 1 aliphatic rings. The van der Waals surface area contributed by atoms with Crippen molar-refractivity contribution in [2.45, 2.75) is 44.7 Å². The molecule has 1 fully saturated rings. The fourth-order valence-electron chi connectivity index (χ4n) is 2.81. The number of carbonyl (C=O) groups excluding carboxylic acids is 1. The van der Waals surface area contributed by atoms with Gasteiger partial charge in [0.15, 0.2) is 0 Å². The summed E-state index contributed by atoms with van der Waals surface area (Å²) in [6.45, 7) is 3.83. The number of rotatable bonds is 6. The molecule has 0 aromatic heterocycles. The summed E-state index contributed by atoms with van der Waals surface area (Å²) in [4.78, 5) is 14.3. The molecule has 1 saturated heterocycles. The molecule has 2 unspecified atom stereocenters. The number of hydrogen-bond acceptors (Lipinski definition) is 3. The molecular formula is C17H27N3O. The van der Waals surface area contributed by atoms with Crippen LogP contribution >= 0.6 is 0 Å². The van der Waals surface area contributed by atoms with Crippen LogP contribution in [0.2, 0.25) is 0 Å². The molecule has 0 saturated carbocycles. The van der Waals surface area contributed by atoms with E-state index in [1.54, 1.807) is 0 Å². The van der Waals surface area contributed by atoms with Crippen molar-refractivity contribution in [2.24, 2.45) is 0 Å². The number of amides is 1. The largest absolute Gasteiger partial charge is 0.375 e. The molecule has 21 heavy (non-hydrogen) atoms. The van der Waals surface area contributed by atoms with Gasteiger partial charge in [-0.3, -0.25) is 4.79 Å². The van der Waals surface area contributed by atoms with Gasteiger partial charge in [0.2, 0.25) is 5.91 Å². The Hall–Kier alpha value is -1.55. The lowest BCUT2D eigenvalue weighted by atomic mass is 9.99. The number of anilines is 1. The van der Waals surface area contributed by atoms with Crippen LogP contribution in [0, 0.1) is 0 Å². The summed E-state index contributed by atoms with van der Waals surface area (Å²) >= 11 is 0. The first-order chi connectivity index (χ1) is 10.2.